The van der Waals surface area contributed by atoms with Gasteiger partial charge in [0.1, 0.15) is 11.6 Å². The summed E-state index contributed by atoms with van der Waals surface area (Å²) in [5.74, 6) is 0. The number of nitrogens with one attached hydrogen (secondary N) is 1. The van der Waals surface area contributed by atoms with Crippen molar-refractivity contribution in [2.24, 2.45) is 5.73 Å². The summed E-state index contributed by atoms with van der Waals surface area (Å²) in [6.45, 7) is 0.636. The fourth-order valence-electron chi connectivity index (χ4n) is 1.91. The summed E-state index contributed by atoms with van der Waals surface area (Å²) in [5, 5.41) is 2.66. The fourth-order valence-corrected chi connectivity index (χ4v) is 2.03. The van der Waals surface area contributed by atoms with Crippen LogP contribution in [-0.4, -0.2) is 17.6 Å². The first-order valence-electron chi connectivity index (χ1n) is 7.16. The summed E-state index contributed by atoms with van der Waals surface area (Å²) >= 11 is 4.94. The Bertz CT molecular complexity index is 699. The Kier molecular flexibility index (Phi) is 6.32. The number of thiocarbonyl (C=S) groups is 1. The quantitative estimate of drug-likeness (QED) is 0.800. The van der Waals surface area contributed by atoms with Crippen LogP contribution in [0.5, 0.6) is 0 Å². The fraction of sp³-hybridized carbons (Fsp3) is 0.111. The molecule has 0 heterocycles. The third-order valence-corrected chi connectivity index (χ3v) is 3.29. The number of benzene rings is 2. The van der Waals surface area contributed by atoms with Crippen molar-refractivity contribution in [3.63, 3.8) is 0 Å². The summed E-state index contributed by atoms with van der Waals surface area (Å²) in [7, 11) is 0. The summed E-state index contributed by atoms with van der Waals surface area (Å²) in [6.07, 6.45) is 3.28. The first-order valence-corrected chi connectivity index (χ1v) is 7.57. The normalized spacial score (nSPS) is 10.4. The van der Waals surface area contributed by atoms with Crippen molar-refractivity contribution in [1.82, 2.24) is 5.32 Å². The molecule has 0 radical (unpaired) electrons. The van der Waals surface area contributed by atoms with Crippen molar-refractivity contribution in [1.29, 1.82) is 0 Å². The Balaban J connectivity index is 1.74. The molecule has 3 N–H and O–H groups in total. The van der Waals surface area contributed by atoms with Crippen molar-refractivity contribution < 1.29 is 9.53 Å². The number of nitrogens with two attached hydrogens (primary N) is 1. The number of hydrogen-bond acceptors (Lipinski definition) is 3. The van der Waals surface area contributed by atoms with Gasteiger partial charge in [0.05, 0.1) is 0 Å². The smallest absolute Gasteiger partial charge is 0.407 e. The molecule has 0 atom stereocenters. The lowest BCUT2D eigenvalue weighted by molar-refractivity contribution is 0.141. The first kappa shape index (κ1) is 16.7. The number of hydrogen-bond donors (Lipinski definition) is 2. The second kappa shape index (κ2) is 8.70. The highest BCUT2D eigenvalue weighted by Crippen LogP contribution is 2.07. The molecule has 0 fully saturated rings. The van der Waals surface area contributed by atoms with Gasteiger partial charge >= 0.3 is 6.09 Å². The van der Waals surface area contributed by atoms with Gasteiger partial charge < -0.3 is 15.8 Å². The Morgan fingerprint density at radius 3 is 2.70 bits per heavy atom. The van der Waals surface area contributed by atoms with E-state index in [-0.39, 0.29) is 6.61 Å². The molecule has 0 aliphatic heterocycles. The standard InChI is InChI=1S/C18H18N2O2S/c19-17(23)16-10-4-8-14(12-16)9-5-11-20-18(21)22-13-15-6-2-1-3-7-15/h1-10,12H,11,13H2,(H2,19,23)(H,20,21). The minimum atomic E-state index is -0.449. The topological polar surface area (TPSA) is 64.3 Å². The molecule has 2 aromatic rings. The second-order valence-corrected chi connectivity index (χ2v) is 5.27. The molecule has 23 heavy (non-hydrogen) atoms. The van der Waals surface area contributed by atoms with Gasteiger partial charge in [-0.2, -0.15) is 0 Å². The van der Waals surface area contributed by atoms with Crippen LogP contribution in [0.25, 0.3) is 6.08 Å². The van der Waals surface area contributed by atoms with Crippen molar-refractivity contribution in [3.05, 3.63) is 77.4 Å². The van der Waals surface area contributed by atoms with Gasteiger partial charge in [-0.05, 0) is 17.2 Å². The summed E-state index contributed by atoms with van der Waals surface area (Å²) in [4.78, 5) is 11.9. The van der Waals surface area contributed by atoms with Crippen LogP contribution in [-0.2, 0) is 11.3 Å². The van der Waals surface area contributed by atoms with E-state index in [0.717, 1.165) is 16.7 Å². The van der Waals surface area contributed by atoms with Gasteiger partial charge in [0.2, 0.25) is 0 Å². The minimum absolute atomic E-state index is 0.256. The van der Waals surface area contributed by atoms with Gasteiger partial charge in [-0.15, -0.1) is 0 Å². The van der Waals surface area contributed by atoms with E-state index >= 15 is 0 Å². The van der Waals surface area contributed by atoms with Crippen LogP contribution in [0.1, 0.15) is 16.7 Å². The van der Waals surface area contributed by atoms with Gasteiger partial charge in [0.25, 0.3) is 0 Å². The molecular weight excluding hydrogens is 308 g/mol. The van der Waals surface area contributed by atoms with Crippen molar-refractivity contribution >= 4 is 29.4 Å². The van der Waals surface area contributed by atoms with E-state index in [1.807, 2.05) is 66.7 Å². The van der Waals surface area contributed by atoms with E-state index in [1.165, 1.54) is 0 Å². The van der Waals surface area contributed by atoms with E-state index < -0.39 is 6.09 Å². The molecule has 0 aliphatic carbocycles. The molecule has 0 saturated carbocycles. The van der Waals surface area contributed by atoms with Crippen LogP contribution in [0.2, 0.25) is 0 Å². The molecule has 0 aliphatic rings. The van der Waals surface area contributed by atoms with Crippen molar-refractivity contribution in [3.8, 4) is 0 Å². The molecular formula is C18H18N2O2S. The number of alkyl carbamates (subject to hydrolysis) is 1. The minimum Gasteiger partial charge on any atom is -0.445 e. The molecule has 118 valence electrons. The molecule has 2 rings (SSSR count). The molecule has 5 heteroatoms. The molecule has 0 spiro atoms. The summed E-state index contributed by atoms with van der Waals surface area (Å²) in [5.41, 5.74) is 8.33. The Morgan fingerprint density at radius 1 is 1.17 bits per heavy atom. The van der Waals surface area contributed by atoms with Crippen LogP contribution in [0.15, 0.2) is 60.7 Å². The highest BCUT2D eigenvalue weighted by Gasteiger charge is 2.00. The average molecular weight is 326 g/mol. The monoisotopic (exact) mass is 326 g/mol. The Morgan fingerprint density at radius 2 is 1.96 bits per heavy atom. The predicted octanol–water partition coefficient (Wildman–Crippen LogP) is 3.26. The third-order valence-electron chi connectivity index (χ3n) is 3.06. The molecule has 1 amide bonds. The Labute approximate surface area is 141 Å². The zero-order chi connectivity index (χ0) is 16.5. The first-order chi connectivity index (χ1) is 11.1. The van der Waals surface area contributed by atoms with Gasteiger partial charge in [0, 0.05) is 12.1 Å². The molecule has 0 saturated heterocycles. The van der Waals surface area contributed by atoms with E-state index in [2.05, 4.69) is 5.32 Å². The molecule has 0 bridgehead atoms. The molecule has 2 aromatic carbocycles. The predicted molar refractivity (Wildman–Crippen MR) is 96.0 cm³/mol. The van der Waals surface area contributed by atoms with Crippen LogP contribution < -0.4 is 11.1 Å². The number of rotatable bonds is 6. The van der Waals surface area contributed by atoms with E-state index in [9.17, 15) is 4.79 Å². The number of carbonyl (C=O) groups excluding carboxylic acids is 1. The lowest BCUT2D eigenvalue weighted by Crippen LogP contribution is -2.24. The average Bonchev–Trinajstić information content (AvgIpc) is 2.58. The van der Waals surface area contributed by atoms with E-state index in [4.69, 9.17) is 22.7 Å². The van der Waals surface area contributed by atoms with Crippen molar-refractivity contribution in [2.45, 2.75) is 6.61 Å². The largest absolute Gasteiger partial charge is 0.445 e. The molecule has 0 aromatic heterocycles. The lowest BCUT2D eigenvalue weighted by atomic mass is 10.1. The van der Waals surface area contributed by atoms with Crippen molar-refractivity contribution in [2.75, 3.05) is 6.54 Å². The van der Waals surface area contributed by atoms with Gasteiger partial charge in [-0.3, -0.25) is 0 Å². The van der Waals surface area contributed by atoms with Gasteiger partial charge in [-0.1, -0.05) is 72.9 Å². The number of ether oxygens (including phenoxy) is 1. The maximum Gasteiger partial charge on any atom is 0.407 e. The van der Waals surface area contributed by atoms with Crippen LogP contribution in [0.3, 0.4) is 0 Å². The maximum absolute atomic E-state index is 11.6. The number of amides is 1. The zero-order valence-corrected chi connectivity index (χ0v) is 13.4. The summed E-state index contributed by atoms with van der Waals surface area (Å²) in [6, 6.07) is 17.1. The molecule has 4 nitrogen and oxygen atoms in total. The number of carbonyl (C=O) groups is 1. The Hall–Kier alpha value is -2.66. The van der Waals surface area contributed by atoms with Gasteiger partial charge in [0.15, 0.2) is 0 Å². The van der Waals surface area contributed by atoms with Crippen LogP contribution >= 0.6 is 12.2 Å². The van der Waals surface area contributed by atoms with E-state index in [0.29, 0.717) is 11.5 Å². The van der Waals surface area contributed by atoms with E-state index in [1.54, 1.807) is 0 Å². The second-order valence-electron chi connectivity index (χ2n) is 4.83. The maximum atomic E-state index is 11.6. The van der Waals surface area contributed by atoms with Crippen LogP contribution in [0, 0.1) is 0 Å². The van der Waals surface area contributed by atoms with Crippen LogP contribution in [0.4, 0.5) is 4.79 Å². The lowest BCUT2D eigenvalue weighted by Gasteiger charge is -2.05. The summed E-state index contributed by atoms with van der Waals surface area (Å²) < 4.78 is 5.11. The van der Waals surface area contributed by atoms with Gasteiger partial charge in [-0.25, -0.2) is 4.79 Å². The zero-order valence-electron chi connectivity index (χ0n) is 12.6. The third kappa shape index (κ3) is 5.92. The highest BCUT2D eigenvalue weighted by atomic mass is 32.1. The molecule has 0 unspecified atom stereocenters. The SMILES string of the molecule is NC(=S)c1cccc(C=CCNC(=O)OCc2ccccc2)c1. The highest BCUT2D eigenvalue weighted by molar-refractivity contribution is 7.80.